The van der Waals surface area contributed by atoms with Crippen LogP contribution in [-0.2, 0) is 10.0 Å². The Kier molecular flexibility index (Phi) is 7.27. The van der Waals surface area contributed by atoms with Gasteiger partial charge in [0.05, 0.1) is 21.5 Å². The largest absolute Gasteiger partial charge is 0.345 e. The van der Waals surface area contributed by atoms with Crippen LogP contribution in [0.4, 0.5) is 0 Å². The average molecular weight is 453 g/mol. The Bertz CT molecular complexity index is 972. The minimum absolute atomic E-state index is 0.103. The topological polar surface area (TPSA) is 66.5 Å². The van der Waals surface area contributed by atoms with Crippen molar-refractivity contribution < 1.29 is 13.2 Å². The lowest BCUT2D eigenvalue weighted by molar-refractivity contribution is 0.0940. The Balaban J connectivity index is 1.80. The monoisotopic (exact) mass is 452 g/mol. The number of amides is 1. The number of thioether (sulfide) groups is 1. The van der Waals surface area contributed by atoms with Crippen LogP contribution in [-0.4, -0.2) is 38.0 Å². The van der Waals surface area contributed by atoms with Gasteiger partial charge in [-0.2, -0.15) is 4.31 Å². The molecule has 1 amide bonds. The summed E-state index contributed by atoms with van der Waals surface area (Å²) in [4.78, 5) is 14.1. The molecule has 1 aliphatic heterocycles. The summed E-state index contributed by atoms with van der Waals surface area (Å²) in [5, 5.41) is 3.14. The molecule has 2 aromatic rings. The van der Waals surface area contributed by atoms with E-state index in [-0.39, 0.29) is 21.5 Å². The number of benzene rings is 2. The third kappa shape index (κ3) is 5.15. The van der Waals surface area contributed by atoms with Crippen LogP contribution >= 0.6 is 23.4 Å². The second-order valence-corrected chi connectivity index (χ2v) is 10.3. The molecule has 156 valence electrons. The fraction of sp³-hybridized carbons (Fsp3) is 0.381. The summed E-state index contributed by atoms with van der Waals surface area (Å²) in [7, 11) is -3.63. The Labute approximate surface area is 181 Å². The SMILES string of the molecule is CSc1ccc(C(C)NC(=O)c2cc(S(=O)(=O)N3CCCCC3)ccc2Cl)cc1. The van der Waals surface area contributed by atoms with Crippen LogP contribution < -0.4 is 5.32 Å². The Morgan fingerprint density at radius 1 is 1.10 bits per heavy atom. The van der Waals surface area contributed by atoms with E-state index in [0.29, 0.717) is 13.1 Å². The zero-order valence-electron chi connectivity index (χ0n) is 16.5. The predicted octanol–water partition coefficient (Wildman–Crippen LogP) is 4.73. The molecule has 8 heteroatoms. The first-order valence-electron chi connectivity index (χ1n) is 9.57. The summed E-state index contributed by atoms with van der Waals surface area (Å²) in [6.07, 6.45) is 4.75. The number of halogens is 1. The smallest absolute Gasteiger partial charge is 0.253 e. The van der Waals surface area contributed by atoms with Crippen LogP contribution in [0.5, 0.6) is 0 Å². The van der Waals surface area contributed by atoms with Gasteiger partial charge in [-0.25, -0.2) is 8.42 Å². The van der Waals surface area contributed by atoms with Gasteiger partial charge in [0.1, 0.15) is 0 Å². The molecular weight excluding hydrogens is 428 g/mol. The summed E-state index contributed by atoms with van der Waals surface area (Å²) in [5.41, 5.74) is 1.13. The molecule has 0 aromatic heterocycles. The lowest BCUT2D eigenvalue weighted by atomic mass is 10.1. The van der Waals surface area contributed by atoms with Gasteiger partial charge in [-0.3, -0.25) is 4.79 Å². The number of carbonyl (C=O) groups excluding carboxylic acids is 1. The number of hydrogen-bond donors (Lipinski definition) is 1. The Morgan fingerprint density at radius 3 is 2.38 bits per heavy atom. The predicted molar refractivity (Wildman–Crippen MR) is 118 cm³/mol. The summed E-state index contributed by atoms with van der Waals surface area (Å²) >= 11 is 7.88. The number of nitrogens with one attached hydrogen (secondary N) is 1. The average Bonchev–Trinajstić information content (AvgIpc) is 2.74. The maximum absolute atomic E-state index is 12.9. The number of sulfonamides is 1. The molecule has 1 saturated heterocycles. The molecule has 3 rings (SSSR count). The van der Waals surface area contributed by atoms with Gasteiger partial charge in [0, 0.05) is 18.0 Å². The number of hydrogen-bond acceptors (Lipinski definition) is 4. The highest BCUT2D eigenvalue weighted by Crippen LogP contribution is 2.26. The lowest BCUT2D eigenvalue weighted by Gasteiger charge is -2.26. The van der Waals surface area contributed by atoms with Crippen molar-refractivity contribution in [3.63, 3.8) is 0 Å². The first-order valence-corrected chi connectivity index (χ1v) is 12.6. The van der Waals surface area contributed by atoms with Gasteiger partial charge in [0.15, 0.2) is 0 Å². The van der Waals surface area contributed by atoms with E-state index in [2.05, 4.69) is 5.32 Å². The van der Waals surface area contributed by atoms with E-state index in [4.69, 9.17) is 11.6 Å². The van der Waals surface area contributed by atoms with E-state index in [1.165, 1.54) is 22.5 Å². The highest BCUT2D eigenvalue weighted by molar-refractivity contribution is 7.98. The molecule has 5 nitrogen and oxygen atoms in total. The van der Waals surface area contributed by atoms with Crippen LogP contribution in [0.2, 0.25) is 5.02 Å². The first-order chi connectivity index (χ1) is 13.8. The number of rotatable bonds is 6. The van der Waals surface area contributed by atoms with E-state index in [1.54, 1.807) is 11.8 Å². The van der Waals surface area contributed by atoms with E-state index < -0.39 is 15.9 Å². The molecule has 1 aliphatic rings. The number of piperidine rings is 1. The number of nitrogens with zero attached hydrogens (tertiary/aromatic N) is 1. The van der Waals surface area contributed by atoms with Crippen LogP contribution in [0.1, 0.15) is 48.1 Å². The van der Waals surface area contributed by atoms with Crippen LogP contribution in [0.3, 0.4) is 0 Å². The second-order valence-electron chi connectivity index (χ2n) is 7.07. The molecule has 1 fully saturated rings. The summed E-state index contributed by atoms with van der Waals surface area (Å²) in [6.45, 7) is 2.90. The molecule has 1 heterocycles. The lowest BCUT2D eigenvalue weighted by Crippen LogP contribution is -2.35. The molecule has 1 atom stereocenters. The summed E-state index contributed by atoms with van der Waals surface area (Å²) < 4.78 is 27.3. The van der Waals surface area contributed by atoms with Gasteiger partial charge in [0.2, 0.25) is 10.0 Å². The van der Waals surface area contributed by atoms with Gasteiger partial charge in [-0.05, 0) is 61.9 Å². The van der Waals surface area contributed by atoms with Crippen molar-refractivity contribution >= 4 is 39.3 Å². The molecule has 0 saturated carbocycles. The normalized spacial score (nSPS) is 16.4. The highest BCUT2D eigenvalue weighted by Gasteiger charge is 2.27. The minimum atomic E-state index is -3.63. The van der Waals surface area contributed by atoms with Gasteiger partial charge < -0.3 is 5.32 Å². The fourth-order valence-electron chi connectivity index (χ4n) is 3.34. The van der Waals surface area contributed by atoms with Gasteiger partial charge >= 0.3 is 0 Å². The van der Waals surface area contributed by atoms with Crippen molar-refractivity contribution in [3.05, 3.63) is 58.6 Å². The van der Waals surface area contributed by atoms with E-state index >= 15 is 0 Å². The zero-order chi connectivity index (χ0) is 21.0. The molecule has 0 spiro atoms. The molecule has 0 bridgehead atoms. The minimum Gasteiger partial charge on any atom is -0.345 e. The van der Waals surface area contributed by atoms with Crippen molar-refractivity contribution in [2.45, 2.75) is 42.0 Å². The van der Waals surface area contributed by atoms with Gasteiger partial charge in [-0.15, -0.1) is 11.8 Å². The molecule has 0 radical (unpaired) electrons. The van der Waals surface area contributed by atoms with E-state index in [9.17, 15) is 13.2 Å². The molecule has 29 heavy (non-hydrogen) atoms. The van der Waals surface area contributed by atoms with E-state index in [1.807, 2.05) is 37.4 Å². The summed E-state index contributed by atoms with van der Waals surface area (Å²) in [6, 6.07) is 12.0. The summed E-state index contributed by atoms with van der Waals surface area (Å²) in [5.74, 6) is -0.396. The van der Waals surface area contributed by atoms with Crippen molar-refractivity contribution in [2.75, 3.05) is 19.3 Å². The van der Waals surface area contributed by atoms with Crippen LogP contribution in [0, 0.1) is 0 Å². The zero-order valence-corrected chi connectivity index (χ0v) is 18.9. The second kappa shape index (κ2) is 9.51. The van der Waals surface area contributed by atoms with Crippen LogP contribution in [0.25, 0.3) is 0 Å². The fourth-order valence-corrected chi connectivity index (χ4v) is 5.50. The van der Waals surface area contributed by atoms with Gasteiger partial charge in [0.25, 0.3) is 5.91 Å². The maximum Gasteiger partial charge on any atom is 0.253 e. The quantitative estimate of drug-likeness (QED) is 0.643. The third-order valence-electron chi connectivity index (χ3n) is 5.10. The molecule has 1 N–H and O–H groups in total. The highest BCUT2D eigenvalue weighted by atomic mass is 35.5. The third-order valence-corrected chi connectivity index (χ3v) is 8.07. The molecule has 2 aromatic carbocycles. The Morgan fingerprint density at radius 2 is 1.76 bits per heavy atom. The first kappa shape index (κ1) is 22.2. The van der Waals surface area contributed by atoms with Crippen molar-refractivity contribution in [1.29, 1.82) is 0 Å². The molecule has 1 unspecified atom stereocenters. The van der Waals surface area contributed by atoms with Gasteiger partial charge in [-0.1, -0.05) is 30.2 Å². The molecular formula is C21H25ClN2O3S2. The maximum atomic E-state index is 12.9. The molecule has 0 aliphatic carbocycles. The Hall–Kier alpha value is -1.54. The van der Waals surface area contributed by atoms with E-state index in [0.717, 1.165) is 29.7 Å². The van der Waals surface area contributed by atoms with Crippen molar-refractivity contribution in [3.8, 4) is 0 Å². The van der Waals surface area contributed by atoms with Crippen LogP contribution in [0.15, 0.2) is 52.3 Å². The van der Waals surface area contributed by atoms with Crippen molar-refractivity contribution in [2.24, 2.45) is 0 Å². The number of carbonyl (C=O) groups is 1. The van der Waals surface area contributed by atoms with Crippen molar-refractivity contribution in [1.82, 2.24) is 9.62 Å². The standard InChI is InChI=1S/C21H25ClN2O3S2/c1-15(16-6-8-17(28-2)9-7-16)23-21(25)19-14-18(10-11-20(19)22)29(26,27)24-12-4-3-5-13-24/h6-11,14-15H,3-5,12-13H2,1-2H3,(H,23,25).